The Hall–Kier alpha value is -0.350. The van der Waals surface area contributed by atoms with Crippen LogP contribution in [-0.2, 0) is 6.54 Å². The van der Waals surface area contributed by atoms with Crippen LogP contribution < -0.4 is 5.73 Å². The zero-order valence-electron chi connectivity index (χ0n) is 10.6. The van der Waals surface area contributed by atoms with E-state index in [2.05, 4.69) is 16.8 Å². The number of pyridine rings is 1. The molecule has 2 unspecified atom stereocenters. The zero-order valence-corrected chi connectivity index (χ0v) is 12.1. The van der Waals surface area contributed by atoms with Gasteiger partial charge in [0.05, 0.1) is 0 Å². The van der Waals surface area contributed by atoms with E-state index in [1.807, 2.05) is 0 Å². The highest BCUT2D eigenvalue weighted by molar-refractivity contribution is 6.34. The van der Waals surface area contributed by atoms with E-state index in [1.165, 1.54) is 12.8 Å². The van der Waals surface area contributed by atoms with Crippen molar-refractivity contribution in [1.29, 1.82) is 0 Å². The number of hydrogen-bond donors (Lipinski definition) is 1. The smallest absolute Gasteiger partial charge is 0.130 e. The van der Waals surface area contributed by atoms with Crippen LogP contribution in [-0.4, -0.2) is 29.0 Å². The normalized spacial score (nSPS) is 23.0. The minimum Gasteiger partial charge on any atom is -0.328 e. The first kappa shape index (κ1) is 14.1. The maximum absolute atomic E-state index is 6.17. The van der Waals surface area contributed by atoms with Crippen LogP contribution in [0.1, 0.15) is 25.3 Å². The molecule has 1 aromatic heterocycles. The van der Waals surface area contributed by atoms with Crippen molar-refractivity contribution < 1.29 is 0 Å². The third kappa shape index (κ3) is 3.58. The number of aromatic nitrogens is 1. The molecule has 1 aliphatic rings. The van der Waals surface area contributed by atoms with Gasteiger partial charge in [0.2, 0.25) is 0 Å². The summed E-state index contributed by atoms with van der Waals surface area (Å²) in [4.78, 5) is 6.49. The summed E-state index contributed by atoms with van der Waals surface area (Å²) in [5.41, 5.74) is 7.02. The molecule has 2 heterocycles. The number of likely N-dealkylation sites (tertiary alicyclic amines) is 1. The van der Waals surface area contributed by atoms with E-state index in [0.717, 1.165) is 25.2 Å². The number of nitrogens with zero attached hydrogens (tertiary/aromatic N) is 2. The summed E-state index contributed by atoms with van der Waals surface area (Å²) in [7, 11) is 0. The summed E-state index contributed by atoms with van der Waals surface area (Å²) in [6.45, 7) is 5.05. The van der Waals surface area contributed by atoms with Crippen LogP contribution in [0.5, 0.6) is 0 Å². The molecule has 2 rings (SSSR count). The number of hydrogen-bond acceptors (Lipinski definition) is 3. The fourth-order valence-electron chi connectivity index (χ4n) is 2.46. The van der Waals surface area contributed by atoms with Gasteiger partial charge in [-0.15, -0.1) is 0 Å². The molecule has 3 nitrogen and oxygen atoms in total. The van der Waals surface area contributed by atoms with Crippen LogP contribution >= 0.6 is 23.2 Å². The number of halogens is 2. The van der Waals surface area contributed by atoms with Gasteiger partial charge < -0.3 is 5.73 Å². The molecule has 1 saturated heterocycles. The fourth-order valence-corrected chi connectivity index (χ4v) is 2.88. The van der Waals surface area contributed by atoms with Crippen LogP contribution in [0.25, 0.3) is 0 Å². The minimum atomic E-state index is 0.256. The van der Waals surface area contributed by atoms with Crippen molar-refractivity contribution >= 4 is 23.2 Å². The monoisotopic (exact) mass is 287 g/mol. The van der Waals surface area contributed by atoms with Crippen molar-refractivity contribution in [1.82, 2.24) is 9.88 Å². The Labute approximate surface area is 118 Å². The molecular weight excluding hydrogens is 269 g/mol. The SMILES string of the molecule is CC(N)C1CCCN(Cc2cnc(Cl)cc2Cl)C1. The maximum atomic E-state index is 6.17. The molecule has 1 aromatic rings. The lowest BCUT2D eigenvalue weighted by atomic mass is 9.92. The topological polar surface area (TPSA) is 42.1 Å². The Balaban J connectivity index is 2.00. The quantitative estimate of drug-likeness (QED) is 0.869. The second-order valence-corrected chi connectivity index (χ2v) is 5.89. The van der Waals surface area contributed by atoms with Gasteiger partial charge in [-0.2, -0.15) is 0 Å². The Morgan fingerprint density at radius 3 is 3.00 bits per heavy atom. The van der Waals surface area contributed by atoms with Crippen molar-refractivity contribution in [2.45, 2.75) is 32.4 Å². The van der Waals surface area contributed by atoms with Crippen molar-refractivity contribution in [3.05, 3.63) is 28.0 Å². The second kappa shape index (κ2) is 6.20. The predicted octanol–water partition coefficient (Wildman–Crippen LogP) is 2.95. The molecule has 0 bridgehead atoms. The summed E-state index contributed by atoms with van der Waals surface area (Å²) in [5.74, 6) is 0.581. The molecule has 0 aliphatic carbocycles. The van der Waals surface area contributed by atoms with E-state index < -0.39 is 0 Å². The third-order valence-electron chi connectivity index (χ3n) is 3.58. The van der Waals surface area contributed by atoms with E-state index >= 15 is 0 Å². The van der Waals surface area contributed by atoms with Crippen LogP contribution in [0.2, 0.25) is 10.2 Å². The number of nitrogens with two attached hydrogens (primary N) is 1. The van der Waals surface area contributed by atoms with E-state index in [1.54, 1.807) is 12.3 Å². The Morgan fingerprint density at radius 1 is 1.56 bits per heavy atom. The molecule has 1 aliphatic heterocycles. The van der Waals surface area contributed by atoms with Gasteiger partial charge in [0, 0.05) is 35.9 Å². The summed E-state index contributed by atoms with van der Waals surface area (Å²) in [6.07, 6.45) is 4.19. The highest BCUT2D eigenvalue weighted by Gasteiger charge is 2.23. The van der Waals surface area contributed by atoms with Crippen molar-refractivity contribution in [3.63, 3.8) is 0 Å². The van der Waals surface area contributed by atoms with E-state index in [9.17, 15) is 0 Å². The standard InChI is InChI=1S/C13H19Cl2N3/c1-9(16)10-3-2-4-18(7-10)8-11-6-17-13(15)5-12(11)14/h5-6,9-10H,2-4,7-8,16H2,1H3. The fraction of sp³-hybridized carbons (Fsp3) is 0.615. The molecule has 18 heavy (non-hydrogen) atoms. The van der Waals surface area contributed by atoms with Crippen molar-refractivity contribution in [2.24, 2.45) is 11.7 Å². The molecule has 100 valence electrons. The van der Waals surface area contributed by atoms with E-state index in [-0.39, 0.29) is 6.04 Å². The lowest BCUT2D eigenvalue weighted by Crippen LogP contribution is -2.41. The van der Waals surface area contributed by atoms with E-state index in [0.29, 0.717) is 16.1 Å². The first-order valence-electron chi connectivity index (χ1n) is 6.34. The largest absolute Gasteiger partial charge is 0.328 e. The third-order valence-corrected chi connectivity index (χ3v) is 4.13. The second-order valence-electron chi connectivity index (χ2n) is 5.09. The molecule has 5 heteroatoms. The van der Waals surface area contributed by atoms with Crippen LogP contribution in [0, 0.1) is 5.92 Å². The van der Waals surface area contributed by atoms with Crippen LogP contribution in [0.3, 0.4) is 0 Å². The summed E-state index contributed by atoms with van der Waals surface area (Å²) in [5, 5.41) is 1.13. The highest BCUT2D eigenvalue weighted by atomic mass is 35.5. The van der Waals surface area contributed by atoms with Gasteiger partial charge in [0.1, 0.15) is 5.15 Å². The van der Waals surface area contributed by atoms with Gasteiger partial charge in [-0.05, 0) is 38.3 Å². The van der Waals surface area contributed by atoms with Gasteiger partial charge in [-0.1, -0.05) is 23.2 Å². The Kier molecular flexibility index (Phi) is 4.84. The lowest BCUT2D eigenvalue weighted by molar-refractivity contribution is 0.154. The molecule has 1 fully saturated rings. The highest BCUT2D eigenvalue weighted by Crippen LogP contribution is 2.24. The Bertz CT molecular complexity index is 409. The summed E-state index contributed by atoms with van der Waals surface area (Å²) < 4.78 is 0. The molecule has 2 N–H and O–H groups in total. The lowest BCUT2D eigenvalue weighted by Gasteiger charge is -2.34. The molecule has 0 spiro atoms. The average molecular weight is 288 g/mol. The first-order valence-corrected chi connectivity index (χ1v) is 7.09. The van der Waals surface area contributed by atoms with E-state index in [4.69, 9.17) is 28.9 Å². The van der Waals surface area contributed by atoms with Gasteiger partial charge in [0.15, 0.2) is 0 Å². The average Bonchev–Trinajstić information content (AvgIpc) is 2.33. The van der Waals surface area contributed by atoms with Gasteiger partial charge in [-0.3, -0.25) is 4.90 Å². The van der Waals surface area contributed by atoms with Gasteiger partial charge in [0.25, 0.3) is 0 Å². The van der Waals surface area contributed by atoms with Crippen LogP contribution in [0.15, 0.2) is 12.3 Å². The van der Waals surface area contributed by atoms with Crippen LogP contribution in [0.4, 0.5) is 0 Å². The summed E-state index contributed by atoms with van der Waals surface area (Å²) in [6, 6.07) is 1.96. The predicted molar refractivity (Wildman–Crippen MR) is 75.9 cm³/mol. The number of piperidine rings is 1. The molecule has 0 aromatic carbocycles. The molecule has 0 saturated carbocycles. The summed E-state index contributed by atoms with van der Waals surface area (Å²) >= 11 is 12.0. The van der Waals surface area contributed by atoms with Gasteiger partial charge >= 0.3 is 0 Å². The first-order chi connectivity index (χ1) is 8.56. The molecular formula is C13H19Cl2N3. The maximum Gasteiger partial charge on any atom is 0.130 e. The molecule has 0 amide bonds. The molecule has 0 radical (unpaired) electrons. The van der Waals surface area contributed by atoms with Crippen molar-refractivity contribution in [2.75, 3.05) is 13.1 Å². The van der Waals surface area contributed by atoms with Crippen molar-refractivity contribution in [3.8, 4) is 0 Å². The van der Waals surface area contributed by atoms with Gasteiger partial charge in [-0.25, -0.2) is 4.98 Å². The molecule has 2 atom stereocenters. The number of rotatable bonds is 3. The zero-order chi connectivity index (χ0) is 13.1. The Morgan fingerprint density at radius 2 is 2.33 bits per heavy atom. The minimum absolute atomic E-state index is 0.256.